The molecule has 2 aromatic carbocycles. The van der Waals surface area contributed by atoms with E-state index in [-0.39, 0.29) is 25.6 Å². The van der Waals surface area contributed by atoms with Crippen LogP contribution in [0.5, 0.6) is 0 Å². The summed E-state index contributed by atoms with van der Waals surface area (Å²) in [5.41, 5.74) is 0.872. The number of carbonyl (C=O) groups is 1. The standard InChI is InChI=1S/C21H22OSe/c1-21(2,3)20(22)15-14-19(16-17-10-6-4-7-11-17)23-18-12-8-5-9-13-18/h4-13,19H,16H2,1-3H3. The van der Waals surface area contributed by atoms with Crippen molar-refractivity contribution < 1.29 is 4.79 Å². The van der Waals surface area contributed by atoms with Crippen LogP contribution in [0.4, 0.5) is 0 Å². The van der Waals surface area contributed by atoms with Gasteiger partial charge in [0.15, 0.2) is 0 Å². The molecule has 0 aliphatic heterocycles. The molecule has 0 heterocycles. The van der Waals surface area contributed by atoms with E-state index in [2.05, 4.69) is 60.4 Å². The maximum atomic E-state index is 12.1. The Kier molecular flexibility index (Phi) is 6.22. The van der Waals surface area contributed by atoms with Crippen molar-refractivity contribution >= 4 is 25.2 Å². The van der Waals surface area contributed by atoms with Crippen LogP contribution in [0.25, 0.3) is 0 Å². The van der Waals surface area contributed by atoms with E-state index in [1.807, 2.05) is 32.9 Å². The fraction of sp³-hybridized carbons (Fsp3) is 0.286. The first-order valence-corrected chi connectivity index (χ1v) is 9.61. The van der Waals surface area contributed by atoms with E-state index in [1.165, 1.54) is 10.0 Å². The molecule has 118 valence electrons. The van der Waals surface area contributed by atoms with E-state index < -0.39 is 5.41 Å². The van der Waals surface area contributed by atoms with Crippen LogP contribution in [0.3, 0.4) is 0 Å². The molecule has 0 aliphatic carbocycles. The Bertz CT molecular complexity index is 646. The average Bonchev–Trinajstić information content (AvgIpc) is 2.53. The van der Waals surface area contributed by atoms with E-state index >= 15 is 0 Å². The first kappa shape index (κ1) is 17.5. The van der Waals surface area contributed by atoms with Crippen LogP contribution in [0, 0.1) is 17.3 Å². The topological polar surface area (TPSA) is 17.1 Å². The second-order valence-corrected chi connectivity index (χ2v) is 9.14. The molecule has 2 rings (SSSR count). The zero-order valence-corrected chi connectivity index (χ0v) is 15.6. The summed E-state index contributed by atoms with van der Waals surface area (Å²) in [7, 11) is 0. The zero-order chi connectivity index (χ0) is 16.7. The maximum absolute atomic E-state index is 12.1. The third-order valence-corrected chi connectivity index (χ3v) is 5.65. The minimum absolute atomic E-state index is 0.0134. The summed E-state index contributed by atoms with van der Waals surface area (Å²) in [6, 6.07) is 20.8. The zero-order valence-electron chi connectivity index (χ0n) is 13.9. The molecule has 0 saturated carbocycles. The van der Waals surface area contributed by atoms with Crippen molar-refractivity contribution in [2.45, 2.75) is 32.0 Å². The van der Waals surface area contributed by atoms with Crippen LogP contribution in [0.15, 0.2) is 60.7 Å². The van der Waals surface area contributed by atoms with Crippen LogP contribution in [-0.2, 0) is 11.2 Å². The molecule has 2 heteroatoms. The molecule has 0 radical (unpaired) electrons. The van der Waals surface area contributed by atoms with Gasteiger partial charge in [-0.15, -0.1) is 0 Å². The molecule has 0 bridgehead atoms. The van der Waals surface area contributed by atoms with E-state index in [0.29, 0.717) is 0 Å². The molecule has 23 heavy (non-hydrogen) atoms. The molecule has 0 spiro atoms. The van der Waals surface area contributed by atoms with Gasteiger partial charge in [-0.1, -0.05) is 0 Å². The van der Waals surface area contributed by atoms with Crippen LogP contribution in [0.1, 0.15) is 26.3 Å². The predicted molar refractivity (Wildman–Crippen MR) is 98.0 cm³/mol. The number of hydrogen-bond acceptors (Lipinski definition) is 1. The summed E-state index contributed by atoms with van der Waals surface area (Å²) in [5.74, 6) is 6.15. The van der Waals surface area contributed by atoms with Crippen LogP contribution in [0.2, 0.25) is 4.82 Å². The first-order chi connectivity index (χ1) is 10.9. The molecule has 1 nitrogen and oxygen atoms in total. The SMILES string of the molecule is CC(C)(C)C(=O)C#CC(Cc1ccccc1)[Se]c1ccccc1. The molecule has 0 aliphatic rings. The Balaban J connectivity index is 2.18. The van der Waals surface area contributed by atoms with Gasteiger partial charge in [0.05, 0.1) is 0 Å². The van der Waals surface area contributed by atoms with Crippen molar-refractivity contribution in [3.05, 3.63) is 66.2 Å². The number of benzene rings is 2. The van der Waals surface area contributed by atoms with Gasteiger partial charge in [-0.05, 0) is 0 Å². The quantitative estimate of drug-likeness (QED) is 0.457. The van der Waals surface area contributed by atoms with Gasteiger partial charge < -0.3 is 0 Å². The monoisotopic (exact) mass is 370 g/mol. The summed E-state index contributed by atoms with van der Waals surface area (Å²) in [5, 5.41) is 0. The van der Waals surface area contributed by atoms with E-state index in [9.17, 15) is 4.79 Å². The van der Waals surface area contributed by atoms with Crippen LogP contribution >= 0.6 is 0 Å². The van der Waals surface area contributed by atoms with Gasteiger partial charge >= 0.3 is 145 Å². The minimum atomic E-state index is -0.399. The van der Waals surface area contributed by atoms with Gasteiger partial charge in [-0.2, -0.15) is 0 Å². The molecular weight excluding hydrogens is 347 g/mol. The summed E-state index contributed by atoms with van der Waals surface area (Å²) in [6.07, 6.45) is 0.889. The van der Waals surface area contributed by atoms with Gasteiger partial charge in [0.25, 0.3) is 0 Å². The van der Waals surface area contributed by atoms with Crippen LogP contribution in [-0.4, -0.2) is 20.7 Å². The molecule has 2 aromatic rings. The Morgan fingerprint density at radius 3 is 2.13 bits per heavy atom. The van der Waals surface area contributed by atoms with Gasteiger partial charge in [-0.3, -0.25) is 0 Å². The van der Waals surface area contributed by atoms with Crippen molar-refractivity contribution in [3.8, 4) is 11.8 Å². The molecule has 0 aromatic heterocycles. The Morgan fingerprint density at radius 1 is 1.00 bits per heavy atom. The third kappa shape index (κ3) is 6.06. The molecule has 0 fully saturated rings. The van der Waals surface area contributed by atoms with Crippen molar-refractivity contribution in [1.29, 1.82) is 0 Å². The number of hydrogen-bond donors (Lipinski definition) is 0. The van der Waals surface area contributed by atoms with Gasteiger partial charge in [0.2, 0.25) is 0 Å². The van der Waals surface area contributed by atoms with E-state index in [0.717, 1.165) is 6.42 Å². The summed E-state index contributed by atoms with van der Waals surface area (Å²) in [6.45, 7) is 5.75. The van der Waals surface area contributed by atoms with E-state index in [1.54, 1.807) is 0 Å². The Hall–Kier alpha value is -1.81. The predicted octanol–water partition coefficient (Wildman–Crippen LogP) is 3.67. The normalized spacial score (nSPS) is 12.1. The van der Waals surface area contributed by atoms with E-state index in [4.69, 9.17) is 0 Å². The molecule has 0 N–H and O–H groups in total. The van der Waals surface area contributed by atoms with Crippen molar-refractivity contribution in [2.75, 3.05) is 0 Å². The molecule has 0 saturated heterocycles. The fourth-order valence-corrected chi connectivity index (χ4v) is 4.12. The number of ketones is 1. The fourth-order valence-electron chi connectivity index (χ4n) is 1.95. The number of carbonyl (C=O) groups excluding carboxylic acids is 1. The van der Waals surface area contributed by atoms with Crippen molar-refractivity contribution in [2.24, 2.45) is 5.41 Å². The second kappa shape index (κ2) is 8.16. The molecule has 1 atom stereocenters. The summed E-state index contributed by atoms with van der Waals surface area (Å²) in [4.78, 5) is 12.3. The summed E-state index contributed by atoms with van der Waals surface area (Å²) < 4.78 is 1.32. The third-order valence-electron chi connectivity index (χ3n) is 3.31. The van der Waals surface area contributed by atoms with Gasteiger partial charge in [-0.25, -0.2) is 0 Å². The summed E-state index contributed by atoms with van der Waals surface area (Å²) >= 11 is 0.224. The van der Waals surface area contributed by atoms with Gasteiger partial charge in [0, 0.05) is 0 Å². The van der Waals surface area contributed by atoms with Crippen LogP contribution < -0.4 is 4.46 Å². The van der Waals surface area contributed by atoms with Crippen molar-refractivity contribution in [1.82, 2.24) is 0 Å². The Morgan fingerprint density at radius 2 is 1.57 bits per heavy atom. The number of rotatable bonds is 4. The Labute approximate surface area is 145 Å². The molecule has 0 amide bonds. The average molecular weight is 369 g/mol. The molecule has 1 unspecified atom stereocenters. The number of Topliss-reactive ketones (excluding diaryl/α,β-unsaturated/α-hetero) is 1. The molecular formula is C21H22OSe. The van der Waals surface area contributed by atoms with Crippen molar-refractivity contribution in [3.63, 3.8) is 0 Å². The second-order valence-electron chi connectivity index (χ2n) is 6.46. The first-order valence-electron chi connectivity index (χ1n) is 7.77. The van der Waals surface area contributed by atoms with Gasteiger partial charge in [0.1, 0.15) is 0 Å².